The summed E-state index contributed by atoms with van der Waals surface area (Å²) in [5.74, 6) is -1.78. The van der Waals surface area contributed by atoms with E-state index in [1.807, 2.05) is 34.9 Å². The average Bonchev–Trinajstić information content (AvgIpc) is 3.33. The Kier molecular flexibility index (Phi) is 8.27. The van der Waals surface area contributed by atoms with Gasteiger partial charge in [-0.3, -0.25) is 14.5 Å². The van der Waals surface area contributed by atoms with Crippen LogP contribution in [-0.4, -0.2) is 71.3 Å². The van der Waals surface area contributed by atoms with Crippen LogP contribution in [0, 0.1) is 17.6 Å². The number of amides is 2. The third-order valence-electron chi connectivity index (χ3n) is 9.25. The molecule has 0 aromatic heterocycles. The van der Waals surface area contributed by atoms with Crippen molar-refractivity contribution in [3.05, 3.63) is 69.7 Å². The molecule has 0 N–H and O–H groups in total. The summed E-state index contributed by atoms with van der Waals surface area (Å²) in [6, 6.07) is 9.56. The molecular weight excluding hydrogens is 532 g/mol. The van der Waals surface area contributed by atoms with Crippen molar-refractivity contribution in [2.45, 2.75) is 70.3 Å². The van der Waals surface area contributed by atoms with Gasteiger partial charge in [0, 0.05) is 61.8 Å². The SMILES string of the molecule is CC(C(=O)N1CCC1)c1cc(Cl)ccc1C1CCN(C(=O)[C@@H]2CN(C(C)(C)C)C[C@H]2c2ccc(F)cc2F)CC1. The van der Waals surface area contributed by atoms with Crippen LogP contribution in [-0.2, 0) is 9.59 Å². The summed E-state index contributed by atoms with van der Waals surface area (Å²) in [6.07, 6.45) is 2.63. The van der Waals surface area contributed by atoms with E-state index >= 15 is 0 Å². The number of rotatable bonds is 5. The molecule has 0 saturated carbocycles. The number of benzene rings is 2. The van der Waals surface area contributed by atoms with Crippen LogP contribution in [0.25, 0.3) is 0 Å². The molecule has 8 heteroatoms. The minimum atomic E-state index is -0.612. The molecule has 1 unspecified atom stereocenters. The smallest absolute Gasteiger partial charge is 0.229 e. The molecule has 5 rings (SSSR count). The lowest BCUT2D eigenvalue weighted by atomic mass is 9.81. The molecule has 0 aliphatic carbocycles. The Morgan fingerprint density at radius 3 is 2.20 bits per heavy atom. The summed E-state index contributed by atoms with van der Waals surface area (Å²) in [5, 5.41) is 0.623. The third kappa shape index (κ3) is 5.78. The standard InChI is InChI=1S/C32H40ClF2N3O2/c1-20(30(39)36-12-5-13-36)26-16-22(33)6-8-24(26)21-10-14-37(15-11-21)31(40)28-19-38(32(2,3)4)18-27(28)25-9-7-23(34)17-29(25)35/h6-9,16-17,20-21,27-28H,5,10-15,18-19H2,1-4H3/t20?,27-,28+/m0/s1. The highest BCUT2D eigenvalue weighted by atomic mass is 35.5. The molecule has 40 heavy (non-hydrogen) atoms. The average molecular weight is 572 g/mol. The van der Waals surface area contributed by atoms with Gasteiger partial charge in [-0.1, -0.05) is 23.7 Å². The fourth-order valence-electron chi connectivity index (χ4n) is 6.60. The van der Waals surface area contributed by atoms with Crippen LogP contribution in [0.4, 0.5) is 8.78 Å². The van der Waals surface area contributed by atoms with Crippen molar-refractivity contribution in [2.75, 3.05) is 39.3 Å². The summed E-state index contributed by atoms with van der Waals surface area (Å²) in [5.41, 5.74) is 2.36. The zero-order valence-corrected chi connectivity index (χ0v) is 24.7. The maximum Gasteiger partial charge on any atom is 0.229 e. The number of likely N-dealkylation sites (tertiary alicyclic amines) is 3. The Hall–Kier alpha value is -2.51. The Balaban J connectivity index is 1.32. The number of piperidine rings is 1. The Morgan fingerprint density at radius 1 is 0.925 bits per heavy atom. The van der Waals surface area contributed by atoms with E-state index in [0.717, 1.165) is 49.5 Å². The quantitative estimate of drug-likeness (QED) is 0.431. The molecule has 3 aliphatic heterocycles. The largest absolute Gasteiger partial charge is 0.342 e. The number of nitrogens with zero attached hydrogens (tertiary/aromatic N) is 3. The summed E-state index contributed by atoms with van der Waals surface area (Å²) >= 11 is 6.37. The number of hydrogen-bond donors (Lipinski definition) is 0. The monoisotopic (exact) mass is 571 g/mol. The second-order valence-electron chi connectivity index (χ2n) is 12.7. The van der Waals surface area contributed by atoms with Crippen molar-refractivity contribution < 1.29 is 18.4 Å². The molecule has 3 aliphatic rings. The molecule has 3 saturated heterocycles. The highest BCUT2D eigenvalue weighted by Gasteiger charge is 2.45. The molecule has 0 spiro atoms. The van der Waals surface area contributed by atoms with Gasteiger partial charge in [0.2, 0.25) is 11.8 Å². The van der Waals surface area contributed by atoms with Crippen LogP contribution in [0.3, 0.4) is 0 Å². The summed E-state index contributed by atoms with van der Waals surface area (Å²) in [4.78, 5) is 33.0. The van der Waals surface area contributed by atoms with Gasteiger partial charge >= 0.3 is 0 Å². The fourth-order valence-corrected chi connectivity index (χ4v) is 6.78. The van der Waals surface area contributed by atoms with Gasteiger partial charge in [0.15, 0.2) is 0 Å². The second-order valence-corrected chi connectivity index (χ2v) is 13.2. The number of carbonyl (C=O) groups is 2. The van der Waals surface area contributed by atoms with Crippen molar-refractivity contribution in [3.63, 3.8) is 0 Å². The molecule has 3 fully saturated rings. The van der Waals surface area contributed by atoms with Gasteiger partial charge in [0.25, 0.3) is 0 Å². The molecule has 2 aromatic rings. The van der Waals surface area contributed by atoms with Gasteiger partial charge in [-0.2, -0.15) is 0 Å². The lowest BCUT2D eigenvalue weighted by Crippen LogP contribution is -2.45. The van der Waals surface area contributed by atoms with Gasteiger partial charge in [-0.15, -0.1) is 0 Å². The zero-order valence-electron chi connectivity index (χ0n) is 23.9. The highest BCUT2D eigenvalue weighted by Crippen LogP contribution is 2.41. The van der Waals surface area contributed by atoms with Crippen LogP contribution in [0.5, 0.6) is 0 Å². The van der Waals surface area contributed by atoms with Crippen LogP contribution < -0.4 is 0 Å². The van der Waals surface area contributed by atoms with Crippen molar-refractivity contribution in [2.24, 2.45) is 5.92 Å². The van der Waals surface area contributed by atoms with E-state index in [4.69, 9.17) is 11.6 Å². The number of hydrogen-bond acceptors (Lipinski definition) is 3. The van der Waals surface area contributed by atoms with E-state index in [2.05, 4.69) is 25.7 Å². The first-order chi connectivity index (χ1) is 18.9. The Bertz CT molecular complexity index is 1270. The van der Waals surface area contributed by atoms with Crippen molar-refractivity contribution in [3.8, 4) is 0 Å². The van der Waals surface area contributed by atoms with E-state index < -0.39 is 17.6 Å². The molecule has 3 heterocycles. The number of halogens is 3. The highest BCUT2D eigenvalue weighted by molar-refractivity contribution is 6.30. The second kappa shape index (κ2) is 11.4. The summed E-state index contributed by atoms with van der Waals surface area (Å²) in [7, 11) is 0. The van der Waals surface area contributed by atoms with Crippen LogP contribution >= 0.6 is 11.6 Å². The number of carbonyl (C=O) groups excluding carboxylic acids is 2. The Labute approximate surface area is 241 Å². The van der Waals surface area contributed by atoms with E-state index in [9.17, 15) is 18.4 Å². The first-order valence-electron chi connectivity index (χ1n) is 14.5. The van der Waals surface area contributed by atoms with Gasteiger partial charge in [0.05, 0.1) is 11.8 Å². The molecule has 5 nitrogen and oxygen atoms in total. The van der Waals surface area contributed by atoms with E-state index in [1.54, 1.807) is 0 Å². The van der Waals surface area contributed by atoms with E-state index in [-0.39, 0.29) is 35.1 Å². The molecule has 3 atom stereocenters. The van der Waals surface area contributed by atoms with Crippen molar-refractivity contribution in [1.29, 1.82) is 0 Å². The minimum absolute atomic E-state index is 0.0385. The summed E-state index contributed by atoms with van der Waals surface area (Å²) < 4.78 is 28.6. The van der Waals surface area contributed by atoms with Crippen molar-refractivity contribution in [1.82, 2.24) is 14.7 Å². The molecule has 0 radical (unpaired) electrons. The lowest BCUT2D eigenvalue weighted by Gasteiger charge is -2.37. The third-order valence-corrected chi connectivity index (χ3v) is 9.48. The molecule has 2 aromatic carbocycles. The minimum Gasteiger partial charge on any atom is -0.342 e. The topological polar surface area (TPSA) is 43.9 Å². The Morgan fingerprint density at radius 2 is 1.60 bits per heavy atom. The van der Waals surface area contributed by atoms with Gasteiger partial charge < -0.3 is 9.80 Å². The van der Waals surface area contributed by atoms with E-state index in [0.29, 0.717) is 36.8 Å². The zero-order chi connectivity index (χ0) is 28.8. The fraction of sp³-hybridized carbons (Fsp3) is 0.562. The van der Waals surface area contributed by atoms with Crippen molar-refractivity contribution >= 4 is 23.4 Å². The first kappa shape index (κ1) is 29.0. The maximum absolute atomic E-state index is 14.9. The maximum atomic E-state index is 14.9. The molecule has 216 valence electrons. The normalized spacial score (nSPS) is 23.3. The van der Waals surface area contributed by atoms with Gasteiger partial charge in [-0.25, -0.2) is 8.78 Å². The van der Waals surface area contributed by atoms with E-state index in [1.165, 1.54) is 12.1 Å². The first-order valence-corrected chi connectivity index (χ1v) is 14.9. The lowest BCUT2D eigenvalue weighted by molar-refractivity contribution is -0.137. The van der Waals surface area contributed by atoms with Crippen LogP contribution in [0.15, 0.2) is 36.4 Å². The van der Waals surface area contributed by atoms with Gasteiger partial charge in [-0.05, 0) is 87.8 Å². The van der Waals surface area contributed by atoms with Crippen LogP contribution in [0.1, 0.15) is 81.4 Å². The predicted octanol–water partition coefficient (Wildman–Crippen LogP) is 6.17. The predicted molar refractivity (Wildman–Crippen MR) is 154 cm³/mol. The molecule has 2 amide bonds. The van der Waals surface area contributed by atoms with Gasteiger partial charge in [0.1, 0.15) is 11.6 Å². The molecule has 0 bridgehead atoms. The summed E-state index contributed by atoms with van der Waals surface area (Å²) in [6.45, 7) is 12.2. The molecular formula is C32H40ClF2N3O2. The van der Waals surface area contributed by atoms with Crippen LogP contribution in [0.2, 0.25) is 5.02 Å².